The molecule has 2 unspecified atom stereocenters. The van der Waals surface area contributed by atoms with Gasteiger partial charge in [-0.15, -0.1) is 0 Å². The number of hydrazine groups is 1. The predicted molar refractivity (Wildman–Crippen MR) is 82.4 cm³/mol. The van der Waals surface area contributed by atoms with Crippen molar-refractivity contribution in [2.75, 3.05) is 20.1 Å². The Bertz CT molecular complexity index is 350. The van der Waals surface area contributed by atoms with Crippen molar-refractivity contribution in [3.05, 3.63) is 0 Å². The van der Waals surface area contributed by atoms with Crippen LogP contribution in [0, 0.1) is 0 Å². The van der Waals surface area contributed by atoms with Gasteiger partial charge in [-0.05, 0) is 39.2 Å². The third-order valence-corrected chi connectivity index (χ3v) is 5.46. The van der Waals surface area contributed by atoms with Gasteiger partial charge in [-0.25, -0.2) is 10.8 Å². The molecule has 3 aliphatic rings. The molecule has 114 valence electrons. The van der Waals surface area contributed by atoms with Gasteiger partial charge in [0.1, 0.15) is 0 Å². The normalized spacial score (nSPS) is 33.3. The van der Waals surface area contributed by atoms with Crippen LogP contribution in [0.15, 0.2) is 4.99 Å². The number of likely N-dealkylation sites (tertiary alicyclic amines) is 1. The number of nitrogens with two attached hydrogens (primary N) is 1. The van der Waals surface area contributed by atoms with Gasteiger partial charge in [0, 0.05) is 25.2 Å². The van der Waals surface area contributed by atoms with Crippen molar-refractivity contribution in [2.24, 2.45) is 10.8 Å². The van der Waals surface area contributed by atoms with Crippen molar-refractivity contribution < 1.29 is 0 Å². The first-order valence-corrected chi connectivity index (χ1v) is 8.29. The van der Waals surface area contributed by atoms with Gasteiger partial charge in [-0.1, -0.05) is 19.3 Å². The van der Waals surface area contributed by atoms with Gasteiger partial charge in [-0.2, -0.15) is 0 Å². The summed E-state index contributed by atoms with van der Waals surface area (Å²) in [6.07, 6.45) is 10.4. The van der Waals surface area contributed by atoms with Crippen LogP contribution in [0.3, 0.4) is 0 Å². The molecule has 0 aromatic heterocycles. The molecule has 0 spiro atoms. The summed E-state index contributed by atoms with van der Waals surface area (Å²) in [6.45, 7) is 2.16. The zero-order valence-corrected chi connectivity index (χ0v) is 12.7. The number of hydrogen-bond donors (Lipinski definition) is 2. The standard InChI is InChI=1S/C15H29N5/c1-19-13-7-8-14(19)11-20(10-9-13)15(18-16)17-12-5-3-2-4-6-12/h12-14H,2-11,16H2,1H3,(H,17,18). The molecule has 0 aromatic carbocycles. The lowest BCUT2D eigenvalue weighted by molar-refractivity contribution is 0.244. The Morgan fingerprint density at radius 2 is 1.80 bits per heavy atom. The lowest BCUT2D eigenvalue weighted by Gasteiger charge is -2.29. The molecule has 5 nitrogen and oxygen atoms in total. The summed E-state index contributed by atoms with van der Waals surface area (Å²) < 4.78 is 0. The molecule has 2 saturated heterocycles. The van der Waals surface area contributed by atoms with Crippen LogP contribution in [0.4, 0.5) is 0 Å². The number of likely N-dealkylation sites (N-methyl/N-ethyl adjacent to an activating group) is 1. The third-order valence-electron chi connectivity index (χ3n) is 5.46. The molecule has 3 rings (SSSR count). The van der Waals surface area contributed by atoms with Crippen LogP contribution >= 0.6 is 0 Å². The van der Waals surface area contributed by atoms with E-state index in [1.807, 2.05) is 0 Å². The van der Waals surface area contributed by atoms with Gasteiger partial charge in [0.15, 0.2) is 0 Å². The highest BCUT2D eigenvalue weighted by Gasteiger charge is 2.35. The molecular formula is C15H29N5. The molecule has 2 aliphatic heterocycles. The molecule has 1 saturated carbocycles. The zero-order valence-electron chi connectivity index (χ0n) is 12.7. The molecule has 2 atom stereocenters. The van der Waals surface area contributed by atoms with Crippen molar-refractivity contribution in [3.8, 4) is 0 Å². The molecular weight excluding hydrogens is 250 g/mol. The smallest absolute Gasteiger partial charge is 0.208 e. The summed E-state index contributed by atoms with van der Waals surface area (Å²) in [4.78, 5) is 9.86. The highest BCUT2D eigenvalue weighted by Crippen LogP contribution is 2.28. The summed E-state index contributed by atoms with van der Waals surface area (Å²) >= 11 is 0. The Balaban J connectivity index is 1.67. The van der Waals surface area contributed by atoms with Gasteiger partial charge in [-0.3, -0.25) is 10.3 Å². The molecule has 1 aliphatic carbocycles. The highest BCUT2D eigenvalue weighted by molar-refractivity contribution is 5.79. The third kappa shape index (κ3) is 2.93. The lowest BCUT2D eigenvalue weighted by atomic mass is 9.96. The van der Waals surface area contributed by atoms with Crippen LogP contribution in [0.5, 0.6) is 0 Å². The van der Waals surface area contributed by atoms with Crippen molar-refractivity contribution in [2.45, 2.75) is 69.5 Å². The quantitative estimate of drug-likeness (QED) is 0.329. The molecule has 20 heavy (non-hydrogen) atoms. The fourth-order valence-corrected chi connectivity index (χ4v) is 4.09. The molecule has 3 fully saturated rings. The van der Waals surface area contributed by atoms with E-state index in [4.69, 9.17) is 10.8 Å². The van der Waals surface area contributed by atoms with Gasteiger partial charge in [0.05, 0.1) is 6.04 Å². The number of aliphatic imine (C=N–C) groups is 1. The maximum Gasteiger partial charge on any atom is 0.208 e. The minimum Gasteiger partial charge on any atom is -0.340 e. The van der Waals surface area contributed by atoms with E-state index in [1.54, 1.807) is 0 Å². The van der Waals surface area contributed by atoms with Crippen molar-refractivity contribution in [3.63, 3.8) is 0 Å². The second-order valence-electron chi connectivity index (χ2n) is 6.67. The Morgan fingerprint density at radius 3 is 2.55 bits per heavy atom. The van der Waals surface area contributed by atoms with Crippen LogP contribution in [0.1, 0.15) is 51.4 Å². The topological polar surface area (TPSA) is 56.9 Å². The van der Waals surface area contributed by atoms with Crippen molar-refractivity contribution in [1.82, 2.24) is 15.2 Å². The largest absolute Gasteiger partial charge is 0.340 e. The maximum absolute atomic E-state index is 5.77. The fourth-order valence-electron chi connectivity index (χ4n) is 4.09. The molecule has 3 N–H and O–H groups in total. The van der Waals surface area contributed by atoms with E-state index in [0.29, 0.717) is 12.1 Å². The van der Waals surface area contributed by atoms with E-state index in [0.717, 1.165) is 25.1 Å². The first-order chi connectivity index (χ1) is 9.78. The zero-order chi connectivity index (χ0) is 13.9. The Labute approximate surface area is 122 Å². The van der Waals surface area contributed by atoms with Crippen LogP contribution < -0.4 is 11.3 Å². The number of nitrogens with one attached hydrogen (secondary N) is 1. The van der Waals surface area contributed by atoms with Gasteiger partial charge >= 0.3 is 0 Å². The van der Waals surface area contributed by atoms with E-state index in [2.05, 4.69) is 22.3 Å². The molecule has 0 radical (unpaired) electrons. The number of guanidine groups is 1. The molecule has 2 heterocycles. The maximum atomic E-state index is 5.77. The van der Waals surface area contributed by atoms with Gasteiger partial charge in [0.25, 0.3) is 0 Å². The van der Waals surface area contributed by atoms with Crippen LogP contribution in [0.2, 0.25) is 0 Å². The molecule has 0 aromatic rings. The van der Waals surface area contributed by atoms with E-state index >= 15 is 0 Å². The Hall–Kier alpha value is -0.810. The minimum absolute atomic E-state index is 0.480. The predicted octanol–water partition coefficient (Wildman–Crippen LogP) is 1.31. The SMILES string of the molecule is CN1C2CCC1CN(C(=NC1CCCCC1)NN)CC2. The average molecular weight is 279 g/mol. The van der Waals surface area contributed by atoms with Crippen molar-refractivity contribution >= 4 is 5.96 Å². The summed E-state index contributed by atoms with van der Waals surface area (Å²) in [7, 11) is 2.28. The van der Waals surface area contributed by atoms with Crippen LogP contribution in [-0.4, -0.2) is 54.0 Å². The number of rotatable bonds is 1. The summed E-state index contributed by atoms with van der Waals surface area (Å²) in [6, 6.07) is 1.92. The second kappa shape index (κ2) is 6.31. The summed E-state index contributed by atoms with van der Waals surface area (Å²) in [5, 5.41) is 0. The van der Waals surface area contributed by atoms with E-state index in [1.165, 1.54) is 51.4 Å². The number of hydrogen-bond acceptors (Lipinski definition) is 3. The summed E-state index contributed by atoms with van der Waals surface area (Å²) in [5.74, 6) is 6.70. The molecule has 2 bridgehead atoms. The first kappa shape index (κ1) is 14.1. The van der Waals surface area contributed by atoms with Gasteiger partial charge < -0.3 is 4.90 Å². The fraction of sp³-hybridized carbons (Fsp3) is 0.933. The minimum atomic E-state index is 0.480. The van der Waals surface area contributed by atoms with E-state index in [-0.39, 0.29) is 0 Å². The monoisotopic (exact) mass is 279 g/mol. The molecule has 0 amide bonds. The molecule has 5 heteroatoms. The number of nitrogens with zero attached hydrogens (tertiary/aromatic N) is 3. The van der Waals surface area contributed by atoms with Gasteiger partial charge in [0.2, 0.25) is 5.96 Å². The highest BCUT2D eigenvalue weighted by atomic mass is 15.4. The second-order valence-corrected chi connectivity index (χ2v) is 6.67. The average Bonchev–Trinajstić information content (AvgIpc) is 2.71. The van der Waals surface area contributed by atoms with Crippen LogP contribution in [0.25, 0.3) is 0 Å². The van der Waals surface area contributed by atoms with Crippen molar-refractivity contribution in [1.29, 1.82) is 0 Å². The van der Waals surface area contributed by atoms with E-state index in [9.17, 15) is 0 Å². The summed E-state index contributed by atoms with van der Waals surface area (Å²) in [5.41, 5.74) is 2.88. The Morgan fingerprint density at radius 1 is 1.05 bits per heavy atom. The lowest BCUT2D eigenvalue weighted by Crippen LogP contribution is -2.48. The van der Waals surface area contributed by atoms with Crippen LogP contribution in [-0.2, 0) is 0 Å². The number of fused-ring (bicyclic) bond motifs is 2. The Kier molecular flexibility index (Phi) is 4.46. The van der Waals surface area contributed by atoms with E-state index < -0.39 is 0 Å². The first-order valence-electron chi connectivity index (χ1n) is 8.29.